The third kappa shape index (κ3) is 2.81. The van der Waals surface area contributed by atoms with Gasteiger partial charge in [0.25, 0.3) is 5.56 Å². The Morgan fingerprint density at radius 3 is 2.62 bits per heavy atom. The number of hydrogen-bond donors (Lipinski definition) is 0. The van der Waals surface area contributed by atoms with Crippen molar-refractivity contribution in [3.05, 3.63) is 71.0 Å². The van der Waals surface area contributed by atoms with Crippen LogP contribution >= 0.6 is 0 Å². The number of aromatic nitrogens is 8. The highest BCUT2D eigenvalue weighted by molar-refractivity contribution is 5.80. The summed E-state index contributed by atoms with van der Waals surface area (Å²) < 4.78 is 11.0. The maximum atomic E-state index is 12.7. The molecule has 3 aromatic heterocycles. The Morgan fingerprint density at radius 1 is 1.03 bits per heavy atom. The minimum Gasteiger partial charge on any atom is -0.486 e. The predicted molar refractivity (Wildman–Crippen MR) is 104 cm³/mol. The lowest BCUT2D eigenvalue weighted by molar-refractivity contribution is 0.295. The molecule has 5 rings (SSSR count). The van der Waals surface area contributed by atoms with Crippen LogP contribution < -0.4 is 10.3 Å². The van der Waals surface area contributed by atoms with Crippen LogP contribution in [0, 0.1) is 0 Å². The molecule has 0 amide bonds. The zero-order valence-corrected chi connectivity index (χ0v) is 15.5. The van der Waals surface area contributed by atoms with E-state index in [4.69, 9.17) is 4.74 Å². The Bertz CT molecular complexity index is 1350. The van der Waals surface area contributed by atoms with Gasteiger partial charge in [-0.1, -0.05) is 12.1 Å². The zero-order valence-electron chi connectivity index (χ0n) is 15.5. The van der Waals surface area contributed by atoms with Gasteiger partial charge in [0.1, 0.15) is 18.7 Å². The van der Waals surface area contributed by atoms with Crippen LogP contribution in [0.1, 0.15) is 12.7 Å². The summed E-state index contributed by atoms with van der Waals surface area (Å²) in [5.74, 6) is 1.79. The van der Waals surface area contributed by atoms with E-state index in [1.54, 1.807) is 9.25 Å². The first-order chi connectivity index (χ1) is 14.3. The van der Waals surface area contributed by atoms with Crippen LogP contribution in [0.25, 0.3) is 22.4 Å². The smallest absolute Gasteiger partial charge is 0.262 e. The molecule has 0 atom stereocenters. The van der Waals surface area contributed by atoms with Gasteiger partial charge in [-0.15, -0.1) is 15.3 Å². The highest BCUT2D eigenvalue weighted by Crippen LogP contribution is 2.18. The van der Waals surface area contributed by atoms with Crippen molar-refractivity contribution in [2.75, 3.05) is 0 Å². The minimum atomic E-state index is -0.0753. The van der Waals surface area contributed by atoms with E-state index in [0.717, 1.165) is 11.2 Å². The monoisotopic (exact) mass is 388 g/mol. The Morgan fingerprint density at radius 2 is 1.86 bits per heavy atom. The number of hydrogen-bond acceptors (Lipinski definition) is 7. The molecule has 29 heavy (non-hydrogen) atoms. The zero-order chi connectivity index (χ0) is 19.8. The number of benzene rings is 2. The lowest BCUT2D eigenvalue weighted by atomic mass is 10.2. The number of tetrazole rings is 1. The van der Waals surface area contributed by atoms with Gasteiger partial charge >= 0.3 is 0 Å². The van der Waals surface area contributed by atoms with Gasteiger partial charge in [0.05, 0.1) is 16.6 Å². The molecule has 2 aromatic carbocycles. The lowest BCUT2D eigenvalue weighted by Gasteiger charge is -2.10. The first-order valence-electron chi connectivity index (χ1n) is 9.08. The van der Waals surface area contributed by atoms with Gasteiger partial charge in [-0.25, -0.2) is 4.68 Å². The molecular formula is C19H16N8O2. The van der Waals surface area contributed by atoms with Crippen LogP contribution in [0.4, 0.5) is 0 Å². The molecule has 0 aliphatic rings. The first-order valence-corrected chi connectivity index (χ1v) is 9.08. The van der Waals surface area contributed by atoms with Crippen molar-refractivity contribution in [1.82, 2.24) is 39.4 Å². The van der Waals surface area contributed by atoms with Crippen LogP contribution in [0.2, 0.25) is 0 Å². The van der Waals surface area contributed by atoms with Crippen molar-refractivity contribution in [3.63, 3.8) is 0 Å². The summed E-state index contributed by atoms with van der Waals surface area (Å²) in [7, 11) is 0. The highest BCUT2D eigenvalue weighted by Gasteiger charge is 2.15. The summed E-state index contributed by atoms with van der Waals surface area (Å²) in [5.41, 5.74) is 1.51. The van der Waals surface area contributed by atoms with Crippen LogP contribution in [0.5, 0.6) is 5.75 Å². The van der Waals surface area contributed by atoms with Crippen molar-refractivity contribution >= 4 is 16.7 Å². The van der Waals surface area contributed by atoms with Gasteiger partial charge in [0.2, 0.25) is 5.78 Å². The van der Waals surface area contributed by atoms with Crippen LogP contribution in [-0.2, 0) is 13.2 Å². The number of aryl methyl sites for hydroxylation is 1. The molecule has 0 N–H and O–H groups in total. The molecule has 0 aliphatic carbocycles. The van der Waals surface area contributed by atoms with Crippen LogP contribution in [-0.4, -0.2) is 39.4 Å². The third-order valence-electron chi connectivity index (χ3n) is 4.71. The second-order valence-corrected chi connectivity index (χ2v) is 6.36. The molecule has 0 aliphatic heterocycles. The standard InChI is InChI=1S/C19H16N8O2/c1-2-25-18(28)15-5-3-4-6-16(15)27-17(21-22-19(25)27)11-29-14-9-7-13(8-10-14)26-12-20-23-24-26/h3-10,12H,2,11H2,1H3. The summed E-state index contributed by atoms with van der Waals surface area (Å²) in [5, 5.41) is 20.2. The Hall–Kier alpha value is -4.08. The summed E-state index contributed by atoms with van der Waals surface area (Å²) >= 11 is 0. The van der Waals surface area contributed by atoms with E-state index in [1.807, 2.05) is 59.9 Å². The van der Waals surface area contributed by atoms with E-state index in [-0.39, 0.29) is 12.2 Å². The normalized spacial score (nSPS) is 11.3. The second-order valence-electron chi connectivity index (χ2n) is 6.36. The molecule has 0 saturated heterocycles. The van der Waals surface area contributed by atoms with E-state index in [9.17, 15) is 4.79 Å². The van der Waals surface area contributed by atoms with E-state index in [2.05, 4.69) is 25.7 Å². The number of rotatable bonds is 5. The topological polar surface area (TPSA) is 105 Å². The number of para-hydroxylation sites is 1. The molecule has 0 unspecified atom stereocenters. The second kappa shape index (κ2) is 6.82. The molecule has 5 aromatic rings. The van der Waals surface area contributed by atoms with Crippen LogP contribution in [0.15, 0.2) is 59.7 Å². The average Bonchev–Trinajstić information content (AvgIpc) is 3.44. The molecule has 0 saturated carbocycles. The Balaban J connectivity index is 1.50. The van der Waals surface area contributed by atoms with Crippen LogP contribution in [0.3, 0.4) is 0 Å². The van der Waals surface area contributed by atoms with E-state index in [0.29, 0.717) is 29.3 Å². The van der Waals surface area contributed by atoms with Gasteiger partial charge in [-0.2, -0.15) is 0 Å². The Labute approximate surface area is 164 Å². The van der Waals surface area contributed by atoms with E-state index < -0.39 is 0 Å². The average molecular weight is 388 g/mol. The summed E-state index contributed by atoms with van der Waals surface area (Å²) in [6, 6.07) is 14.8. The molecular weight excluding hydrogens is 372 g/mol. The number of ether oxygens (including phenoxy) is 1. The summed E-state index contributed by atoms with van der Waals surface area (Å²) in [6.07, 6.45) is 1.52. The first kappa shape index (κ1) is 17.0. The van der Waals surface area contributed by atoms with Gasteiger partial charge in [0.15, 0.2) is 5.82 Å². The van der Waals surface area contributed by atoms with E-state index >= 15 is 0 Å². The molecule has 10 heteroatoms. The summed E-state index contributed by atoms with van der Waals surface area (Å²) in [4.78, 5) is 12.7. The molecule has 0 bridgehead atoms. The maximum Gasteiger partial charge on any atom is 0.262 e. The highest BCUT2D eigenvalue weighted by atomic mass is 16.5. The lowest BCUT2D eigenvalue weighted by Crippen LogP contribution is -2.22. The van der Waals surface area contributed by atoms with Crippen molar-refractivity contribution < 1.29 is 4.74 Å². The number of fused-ring (bicyclic) bond motifs is 3. The molecule has 0 fully saturated rings. The molecule has 0 spiro atoms. The molecule has 10 nitrogen and oxygen atoms in total. The van der Waals surface area contributed by atoms with E-state index in [1.165, 1.54) is 6.33 Å². The number of nitrogens with zero attached hydrogens (tertiary/aromatic N) is 8. The van der Waals surface area contributed by atoms with Crippen molar-refractivity contribution in [2.45, 2.75) is 20.1 Å². The van der Waals surface area contributed by atoms with Gasteiger partial charge in [-0.05, 0) is 53.7 Å². The molecule has 144 valence electrons. The Kier molecular flexibility index (Phi) is 4.01. The third-order valence-corrected chi connectivity index (χ3v) is 4.71. The van der Waals surface area contributed by atoms with Crippen molar-refractivity contribution in [1.29, 1.82) is 0 Å². The van der Waals surface area contributed by atoms with Crippen molar-refractivity contribution in [2.24, 2.45) is 0 Å². The quantitative estimate of drug-likeness (QED) is 0.450. The fraction of sp³-hybridized carbons (Fsp3) is 0.158. The van der Waals surface area contributed by atoms with Gasteiger partial charge < -0.3 is 4.74 Å². The van der Waals surface area contributed by atoms with Gasteiger partial charge in [0, 0.05) is 6.54 Å². The maximum absolute atomic E-state index is 12.7. The van der Waals surface area contributed by atoms with Gasteiger partial charge in [-0.3, -0.25) is 13.8 Å². The largest absolute Gasteiger partial charge is 0.486 e. The molecule has 0 radical (unpaired) electrons. The van der Waals surface area contributed by atoms with Crippen molar-refractivity contribution in [3.8, 4) is 11.4 Å². The SMILES string of the molecule is CCn1c(=O)c2ccccc2n2c(COc3ccc(-n4cnnn4)cc3)nnc12. The summed E-state index contributed by atoms with van der Waals surface area (Å²) in [6.45, 7) is 2.62. The fourth-order valence-electron chi connectivity index (χ4n) is 3.32. The minimum absolute atomic E-state index is 0.0753. The molecule has 3 heterocycles. The fourth-order valence-corrected chi connectivity index (χ4v) is 3.32. The predicted octanol–water partition coefficient (Wildman–Crippen LogP) is 1.62.